The quantitative estimate of drug-likeness (QED) is 0.663. The molecule has 1 aromatic rings. The van der Waals surface area contributed by atoms with Crippen LogP contribution < -0.4 is 0 Å². The van der Waals surface area contributed by atoms with Crippen molar-refractivity contribution in [3.05, 3.63) is 21.9 Å². The molecule has 0 spiro atoms. The highest BCUT2D eigenvalue weighted by Gasteiger charge is 2.15. The van der Waals surface area contributed by atoms with E-state index in [0.717, 1.165) is 17.2 Å². The number of hydrogen-bond acceptors (Lipinski definition) is 1. The third kappa shape index (κ3) is 3.92. The lowest BCUT2D eigenvalue weighted by Crippen LogP contribution is -2.05. The molecule has 0 amide bonds. The average Bonchev–Trinajstić information content (AvgIpc) is 2.63. The largest absolute Gasteiger partial charge is 0.145 e. The summed E-state index contributed by atoms with van der Waals surface area (Å²) in [6.45, 7) is 9.20. The van der Waals surface area contributed by atoms with Gasteiger partial charge in [-0.2, -0.15) is 0 Å². The van der Waals surface area contributed by atoms with Crippen molar-refractivity contribution in [3.8, 4) is 0 Å². The number of rotatable bonds is 5. The van der Waals surface area contributed by atoms with Crippen LogP contribution in [0.2, 0.25) is 0 Å². The molecule has 0 saturated carbocycles. The van der Waals surface area contributed by atoms with E-state index in [2.05, 4.69) is 55.8 Å². The number of thiophene rings is 1. The van der Waals surface area contributed by atoms with E-state index in [-0.39, 0.29) is 0 Å². The fourth-order valence-electron chi connectivity index (χ4n) is 1.57. The molecular weight excluding hydrogens is 268 g/mol. The summed E-state index contributed by atoms with van der Waals surface area (Å²) in [5.74, 6) is 2.16. The molecule has 0 bridgehead atoms. The topological polar surface area (TPSA) is 0 Å². The number of halogens is 1. The molecule has 1 heterocycles. The summed E-state index contributed by atoms with van der Waals surface area (Å²) < 4.78 is 0. The van der Waals surface area contributed by atoms with Gasteiger partial charge in [0.2, 0.25) is 0 Å². The van der Waals surface area contributed by atoms with Crippen molar-refractivity contribution in [2.45, 2.75) is 40.0 Å². The van der Waals surface area contributed by atoms with Crippen LogP contribution in [0.15, 0.2) is 12.1 Å². The second-order valence-corrected chi connectivity index (χ2v) is 6.67. The fraction of sp³-hybridized carbons (Fsp3) is 0.692. The van der Waals surface area contributed by atoms with Crippen molar-refractivity contribution in [2.75, 3.05) is 5.33 Å². The van der Waals surface area contributed by atoms with Gasteiger partial charge in [0, 0.05) is 15.1 Å². The molecule has 0 aliphatic rings. The smallest absolute Gasteiger partial charge is 0.00793 e. The highest BCUT2D eigenvalue weighted by Crippen LogP contribution is 2.31. The lowest BCUT2D eigenvalue weighted by Gasteiger charge is -2.15. The summed E-state index contributed by atoms with van der Waals surface area (Å²) >= 11 is 5.56. The Hall–Kier alpha value is 0.180. The molecule has 2 heteroatoms. The van der Waals surface area contributed by atoms with Crippen LogP contribution in [0.5, 0.6) is 0 Å². The first-order valence-electron chi connectivity index (χ1n) is 5.69. The Balaban J connectivity index is 2.66. The Bertz CT molecular complexity index is 290. The van der Waals surface area contributed by atoms with E-state index in [1.807, 2.05) is 11.3 Å². The maximum absolute atomic E-state index is 3.56. The third-order valence-corrected chi connectivity index (χ3v) is 5.17. The molecular formula is C13H21BrS. The lowest BCUT2D eigenvalue weighted by atomic mass is 9.96. The van der Waals surface area contributed by atoms with E-state index in [1.165, 1.54) is 16.2 Å². The van der Waals surface area contributed by atoms with Gasteiger partial charge in [0.05, 0.1) is 0 Å². The summed E-state index contributed by atoms with van der Waals surface area (Å²) in [4.78, 5) is 3.08. The Morgan fingerprint density at radius 2 is 1.87 bits per heavy atom. The van der Waals surface area contributed by atoms with Gasteiger partial charge in [-0.05, 0) is 36.3 Å². The third-order valence-electron chi connectivity index (χ3n) is 2.84. The second kappa shape index (κ2) is 6.05. The molecule has 0 aromatic carbocycles. The zero-order chi connectivity index (χ0) is 11.4. The second-order valence-electron chi connectivity index (χ2n) is 4.82. The van der Waals surface area contributed by atoms with Gasteiger partial charge in [0.25, 0.3) is 0 Å². The minimum Gasteiger partial charge on any atom is -0.145 e. The van der Waals surface area contributed by atoms with E-state index in [4.69, 9.17) is 0 Å². The summed E-state index contributed by atoms with van der Waals surface area (Å²) in [5.41, 5.74) is 0. The monoisotopic (exact) mass is 288 g/mol. The maximum atomic E-state index is 3.56. The molecule has 2 unspecified atom stereocenters. The van der Waals surface area contributed by atoms with E-state index in [1.54, 1.807) is 0 Å². The van der Waals surface area contributed by atoms with Crippen LogP contribution in [0, 0.1) is 11.8 Å². The number of hydrogen-bond donors (Lipinski definition) is 0. The fourth-order valence-corrected chi connectivity index (χ4v) is 3.54. The number of alkyl halides is 1. The van der Waals surface area contributed by atoms with E-state index in [0.29, 0.717) is 5.92 Å². The van der Waals surface area contributed by atoms with Gasteiger partial charge in [-0.25, -0.2) is 0 Å². The normalized spacial score (nSPS) is 15.6. The Kier molecular flexibility index (Phi) is 5.34. The molecule has 1 aromatic heterocycles. The van der Waals surface area contributed by atoms with Gasteiger partial charge in [-0.15, -0.1) is 11.3 Å². The van der Waals surface area contributed by atoms with Crippen molar-refractivity contribution in [3.63, 3.8) is 0 Å². The standard InChI is InChI=1S/C13H21BrS/c1-9(2)7-12-5-6-13(15-12)11(4)10(3)8-14/h5-6,9-11H,7-8H2,1-4H3. The molecule has 0 radical (unpaired) electrons. The van der Waals surface area contributed by atoms with Crippen LogP contribution in [0.1, 0.15) is 43.4 Å². The van der Waals surface area contributed by atoms with E-state index < -0.39 is 0 Å². The van der Waals surface area contributed by atoms with Gasteiger partial charge in [-0.3, -0.25) is 0 Å². The Morgan fingerprint density at radius 3 is 2.40 bits per heavy atom. The maximum Gasteiger partial charge on any atom is 0.00793 e. The minimum absolute atomic E-state index is 0.676. The minimum atomic E-state index is 0.676. The van der Waals surface area contributed by atoms with Gasteiger partial charge < -0.3 is 0 Å². The molecule has 2 atom stereocenters. The van der Waals surface area contributed by atoms with Crippen LogP contribution in [-0.2, 0) is 6.42 Å². The van der Waals surface area contributed by atoms with E-state index in [9.17, 15) is 0 Å². The van der Waals surface area contributed by atoms with Gasteiger partial charge in [-0.1, -0.05) is 43.6 Å². The molecule has 86 valence electrons. The van der Waals surface area contributed by atoms with Crippen molar-refractivity contribution in [1.82, 2.24) is 0 Å². The van der Waals surface area contributed by atoms with Gasteiger partial charge in [0.1, 0.15) is 0 Å². The predicted molar refractivity (Wildman–Crippen MR) is 74.2 cm³/mol. The summed E-state index contributed by atoms with van der Waals surface area (Å²) in [7, 11) is 0. The molecule has 0 aliphatic carbocycles. The molecule has 15 heavy (non-hydrogen) atoms. The van der Waals surface area contributed by atoms with Crippen molar-refractivity contribution >= 4 is 27.3 Å². The molecule has 1 rings (SSSR count). The van der Waals surface area contributed by atoms with Gasteiger partial charge in [0.15, 0.2) is 0 Å². The first kappa shape index (κ1) is 13.2. The zero-order valence-electron chi connectivity index (χ0n) is 10.1. The molecule has 0 aliphatic heterocycles. The van der Waals surface area contributed by atoms with Crippen molar-refractivity contribution in [2.24, 2.45) is 11.8 Å². The predicted octanol–water partition coefficient (Wildman–Crippen LogP) is 5.08. The van der Waals surface area contributed by atoms with Crippen LogP contribution in [-0.4, -0.2) is 5.33 Å². The van der Waals surface area contributed by atoms with Crippen LogP contribution in [0.25, 0.3) is 0 Å². The zero-order valence-corrected chi connectivity index (χ0v) is 12.5. The van der Waals surface area contributed by atoms with Gasteiger partial charge >= 0.3 is 0 Å². The molecule has 0 nitrogen and oxygen atoms in total. The summed E-state index contributed by atoms with van der Waals surface area (Å²) in [6, 6.07) is 4.61. The lowest BCUT2D eigenvalue weighted by molar-refractivity contribution is 0.554. The van der Waals surface area contributed by atoms with Crippen LogP contribution >= 0.6 is 27.3 Å². The SMILES string of the molecule is CC(C)Cc1ccc(C(C)C(C)CBr)s1. The van der Waals surface area contributed by atoms with Crippen molar-refractivity contribution in [1.29, 1.82) is 0 Å². The average molecular weight is 289 g/mol. The summed E-state index contributed by atoms with van der Waals surface area (Å²) in [6.07, 6.45) is 1.22. The molecule has 0 saturated heterocycles. The highest BCUT2D eigenvalue weighted by molar-refractivity contribution is 9.09. The highest BCUT2D eigenvalue weighted by atomic mass is 79.9. The van der Waals surface area contributed by atoms with E-state index >= 15 is 0 Å². The Labute approximate surface area is 106 Å². The van der Waals surface area contributed by atoms with Crippen LogP contribution in [0.3, 0.4) is 0 Å². The summed E-state index contributed by atoms with van der Waals surface area (Å²) in [5, 5.41) is 1.09. The van der Waals surface area contributed by atoms with Crippen molar-refractivity contribution < 1.29 is 0 Å². The van der Waals surface area contributed by atoms with Crippen LogP contribution in [0.4, 0.5) is 0 Å². The molecule has 0 N–H and O–H groups in total. The molecule has 0 fully saturated rings. The Morgan fingerprint density at radius 1 is 1.20 bits per heavy atom. The first-order chi connectivity index (χ1) is 7.04. The first-order valence-corrected chi connectivity index (χ1v) is 7.63.